The standard InChI is InChI=1S/C18H18Cl2N4O4/c1-8-12-16(22-6-21-8)24(7-23-12)17-14(26)13(25)15(28-17)18(2,27)9-3-4-10(19)11(20)5-9/h3-7,13-15,17,25-27H,1-2H3/t13-,14+,15-,17+,18+/m0/s1. The zero-order valence-corrected chi connectivity index (χ0v) is 16.5. The Morgan fingerprint density at radius 1 is 1.11 bits per heavy atom. The van der Waals surface area contributed by atoms with E-state index in [1.165, 1.54) is 30.2 Å². The second-order valence-electron chi connectivity index (χ2n) is 6.99. The average Bonchev–Trinajstić information content (AvgIpc) is 3.20. The average molecular weight is 425 g/mol. The van der Waals surface area contributed by atoms with E-state index in [4.69, 9.17) is 27.9 Å². The first-order valence-electron chi connectivity index (χ1n) is 8.55. The molecule has 1 saturated heterocycles. The zero-order chi connectivity index (χ0) is 20.2. The van der Waals surface area contributed by atoms with Gasteiger partial charge < -0.3 is 20.1 Å². The summed E-state index contributed by atoms with van der Waals surface area (Å²) in [5.74, 6) is 0. The molecule has 28 heavy (non-hydrogen) atoms. The Hall–Kier alpha value is -1.81. The van der Waals surface area contributed by atoms with Crippen LogP contribution < -0.4 is 0 Å². The van der Waals surface area contributed by atoms with Gasteiger partial charge >= 0.3 is 0 Å². The predicted octanol–water partition coefficient (Wildman–Crippen LogP) is 1.97. The Morgan fingerprint density at radius 2 is 1.86 bits per heavy atom. The summed E-state index contributed by atoms with van der Waals surface area (Å²) >= 11 is 12.0. The number of imidazole rings is 1. The summed E-state index contributed by atoms with van der Waals surface area (Å²) < 4.78 is 7.42. The van der Waals surface area contributed by atoms with Gasteiger partial charge in [0.2, 0.25) is 0 Å². The van der Waals surface area contributed by atoms with Crippen molar-refractivity contribution < 1.29 is 20.1 Å². The molecule has 1 aliphatic rings. The van der Waals surface area contributed by atoms with Gasteiger partial charge in [-0.15, -0.1) is 0 Å². The summed E-state index contributed by atoms with van der Waals surface area (Å²) in [5.41, 5.74) is 0.444. The summed E-state index contributed by atoms with van der Waals surface area (Å²) in [7, 11) is 0. The number of fused-ring (bicyclic) bond motifs is 1. The van der Waals surface area contributed by atoms with Crippen LogP contribution in [0.4, 0.5) is 0 Å². The molecule has 0 spiro atoms. The van der Waals surface area contributed by atoms with Crippen LogP contribution in [-0.2, 0) is 10.3 Å². The van der Waals surface area contributed by atoms with Gasteiger partial charge in [0.1, 0.15) is 35.8 Å². The molecule has 4 rings (SSSR count). The first kappa shape index (κ1) is 19.5. The third-order valence-electron chi connectivity index (χ3n) is 5.11. The number of hydrogen-bond donors (Lipinski definition) is 3. The minimum atomic E-state index is -1.65. The van der Waals surface area contributed by atoms with Crippen molar-refractivity contribution in [1.82, 2.24) is 19.5 Å². The maximum Gasteiger partial charge on any atom is 0.165 e. The van der Waals surface area contributed by atoms with Crippen molar-refractivity contribution in [3.63, 3.8) is 0 Å². The molecule has 148 valence electrons. The normalized spacial score (nSPS) is 27.2. The van der Waals surface area contributed by atoms with Gasteiger partial charge in [0.15, 0.2) is 11.9 Å². The lowest BCUT2D eigenvalue weighted by molar-refractivity contribution is -0.135. The van der Waals surface area contributed by atoms with Crippen LogP contribution in [0.25, 0.3) is 11.2 Å². The van der Waals surface area contributed by atoms with E-state index in [2.05, 4.69) is 15.0 Å². The lowest BCUT2D eigenvalue weighted by atomic mass is 9.87. The van der Waals surface area contributed by atoms with Gasteiger partial charge in [-0.2, -0.15) is 0 Å². The van der Waals surface area contributed by atoms with Crippen LogP contribution in [0.2, 0.25) is 10.0 Å². The minimum absolute atomic E-state index is 0.261. The number of ether oxygens (including phenoxy) is 1. The number of rotatable bonds is 3. The number of benzene rings is 1. The molecule has 1 fully saturated rings. The summed E-state index contributed by atoms with van der Waals surface area (Å²) in [6, 6.07) is 4.64. The van der Waals surface area contributed by atoms with Crippen LogP contribution in [0.3, 0.4) is 0 Å². The van der Waals surface area contributed by atoms with Crippen LogP contribution in [0.15, 0.2) is 30.9 Å². The van der Waals surface area contributed by atoms with Crippen molar-refractivity contribution >= 4 is 34.4 Å². The van der Waals surface area contributed by atoms with Gasteiger partial charge in [-0.3, -0.25) is 4.57 Å². The van der Waals surface area contributed by atoms with E-state index in [1.807, 2.05) is 0 Å². The van der Waals surface area contributed by atoms with Crippen LogP contribution in [0.5, 0.6) is 0 Å². The lowest BCUT2D eigenvalue weighted by Crippen LogP contribution is -2.45. The summed E-state index contributed by atoms with van der Waals surface area (Å²) in [6.07, 6.45) is -1.96. The molecule has 2 aromatic heterocycles. The van der Waals surface area contributed by atoms with Gasteiger partial charge in [0, 0.05) is 0 Å². The molecule has 3 N–H and O–H groups in total. The van der Waals surface area contributed by atoms with Crippen molar-refractivity contribution in [3.8, 4) is 0 Å². The predicted molar refractivity (Wildman–Crippen MR) is 102 cm³/mol. The number of aryl methyl sites for hydroxylation is 1. The van der Waals surface area contributed by atoms with Crippen molar-refractivity contribution in [2.24, 2.45) is 0 Å². The molecule has 1 aliphatic heterocycles. The second kappa shape index (κ2) is 6.91. The SMILES string of the molecule is Cc1ncnc2c1ncn2[C@@H]1O[C@H]([C@](C)(O)c2ccc(Cl)c(Cl)c2)[C@@H](O)[C@H]1O. The molecule has 0 saturated carbocycles. The number of aliphatic hydroxyl groups excluding tert-OH is 2. The van der Waals surface area contributed by atoms with Crippen LogP contribution in [0.1, 0.15) is 24.4 Å². The Bertz CT molecular complexity index is 1040. The number of hydrogen-bond acceptors (Lipinski definition) is 7. The first-order valence-corrected chi connectivity index (χ1v) is 9.31. The second-order valence-corrected chi connectivity index (χ2v) is 7.80. The van der Waals surface area contributed by atoms with E-state index in [-0.39, 0.29) is 5.02 Å². The van der Waals surface area contributed by atoms with E-state index in [1.54, 1.807) is 19.1 Å². The molecule has 1 aromatic carbocycles. The zero-order valence-electron chi connectivity index (χ0n) is 15.0. The molecular weight excluding hydrogens is 407 g/mol. The van der Waals surface area contributed by atoms with E-state index in [0.29, 0.717) is 27.4 Å². The highest BCUT2D eigenvalue weighted by Crippen LogP contribution is 2.41. The van der Waals surface area contributed by atoms with Crippen molar-refractivity contribution in [3.05, 3.63) is 52.2 Å². The molecule has 0 aliphatic carbocycles. The monoisotopic (exact) mass is 424 g/mol. The van der Waals surface area contributed by atoms with Gasteiger partial charge in [0.25, 0.3) is 0 Å². The van der Waals surface area contributed by atoms with Crippen LogP contribution in [0, 0.1) is 6.92 Å². The number of aromatic nitrogens is 4. The molecule has 8 nitrogen and oxygen atoms in total. The topological polar surface area (TPSA) is 114 Å². The Labute approximate surface area is 170 Å². The molecule has 3 aromatic rings. The maximum atomic E-state index is 11.1. The van der Waals surface area contributed by atoms with Crippen LogP contribution >= 0.6 is 23.2 Å². The van der Waals surface area contributed by atoms with E-state index >= 15 is 0 Å². The van der Waals surface area contributed by atoms with Gasteiger partial charge in [-0.25, -0.2) is 15.0 Å². The van der Waals surface area contributed by atoms with Gasteiger partial charge in [0.05, 0.1) is 22.1 Å². The summed E-state index contributed by atoms with van der Waals surface area (Å²) in [6.45, 7) is 3.27. The number of aliphatic hydroxyl groups is 3. The largest absolute Gasteiger partial charge is 0.387 e. The molecule has 0 radical (unpaired) electrons. The summed E-state index contributed by atoms with van der Waals surface area (Å²) in [5, 5.41) is 32.9. The lowest BCUT2D eigenvalue weighted by Gasteiger charge is -2.32. The van der Waals surface area contributed by atoms with Crippen molar-refractivity contribution in [1.29, 1.82) is 0 Å². The third-order valence-corrected chi connectivity index (χ3v) is 5.85. The van der Waals surface area contributed by atoms with Gasteiger partial charge in [-0.05, 0) is 31.5 Å². The van der Waals surface area contributed by atoms with Crippen molar-refractivity contribution in [2.45, 2.75) is 44.0 Å². The molecule has 3 heterocycles. The van der Waals surface area contributed by atoms with Crippen molar-refractivity contribution in [2.75, 3.05) is 0 Å². The highest BCUT2D eigenvalue weighted by molar-refractivity contribution is 6.42. The Kier molecular flexibility index (Phi) is 4.81. The smallest absolute Gasteiger partial charge is 0.165 e. The Morgan fingerprint density at radius 3 is 2.57 bits per heavy atom. The molecule has 0 amide bonds. The molecular formula is C18H18Cl2N4O4. The fourth-order valence-electron chi connectivity index (χ4n) is 3.48. The van der Waals surface area contributed by atoms with E-state index < -0.39 is 30.1 Å². The quantitative estimate of drug-likeness (QED) is 0.588. The fourth-order valence-corrected chi connectivity index (χ4v) is 3.78. The summed E-state index contributed by atoms with van der Waals surface area (Å²) in [4.78, 5) is 12.5. The Balaban J connectivity index is 1.71. The molecule has 5 atom stereocenters. The molecule has 10 heteroatoms. The number of nitrogens with zero attached hydrogens (tertiary/aromatic N) is 4. The maximum absolute atomic E-state index is 11.1. The van der Waals surface area contributed by atoms with Gasteiger partial charge in [-0.1, -0.05) is 29.3 Å². The molecule has 0 bridgehead atoms. The highest BCUT2D eigenvalue weighted by Gasteiger charge is 2.52. The van der Waals surface area contributed by atoms with Crippen LogP contribution in [-0.4, -0.2) is 53.2 Å². The first-order chi connectivity index (χ1) is 13.2. The minimum Gasteiger partial charge on any atom is -0.387 e. The van der Waals surface area contributed by atoms with E-state index in [9.17, 15) is 15.3 Å². The highest BCUT2D eigenvalue weighted by atomic mass is 35.5. The van der Waals surface area contributed by atoms with E-state index in [0.717, 1.165) is 0 Å². The third kappa shape index (κ3) is 2.97. The molecule has 0 unspecified atom stereocenters. The fraction of sp³-hybridized carbons (Fsp3) is 0.389. The number of halogens is 2.